The van der Waals surface area contributed by atoms with Crippen molar-refractivity contribution in [3.8, 4) is 11.5 Å². The molecule has 15 heteroatoms. The summed E-state index contributed by atoms with van der Waals surface area (Å²) in [6, 6.07) is 15.3. The lowest BCUT2D eigenvalue weighted by atomic mass is 9.83. The second-order valence-corrected chi connectivity index (χ2v) is 13.0. The van der Waals surface area contributed by atoms with Gasteiger partial charge in [-0.3, -0.25) is 23.7 Å². The maximum absolute atomic E-state index is 14.1. The first-order valence-electron chi connectivity index (χ1n) is 13.6. The molecule has 3 amide bonds. The highest BCUT2D eigenvalue weighted by Crippen LogP contribution is 2.54. The summed E-state index contributed by atoms with van der Waals surface area (Å²) < 4.78 is 52.7. The summed E-state index contributed by atoms with van der Waals surface area (Å²) in [5.41, 5.74) is -0.255. The number of thiazole rings is 1. The standard InChI is InChI=1S/C31H23ClF3N3O6S2/c1-43-20-11-6-15(12-21(20)44-2)23-24-25(28(41)38(27(24)40)19-5-3-4-16(13-19)31(33,34)35)45-29-26(23)46-30(42)37(29)14-22(39)36-18-9-7-17(32)8-10-18/h3-13,23-25H,14H2,1-2H3,(H,36,39)/t23-,24?,25?/m1/s1. The van der Waals surface area contributed by atoms with Crippen LogP contribution in [0.5, 0.6) is 11.5 Å². The molecule has 1 saturated heterocycles. The third-order valence-corrected chi connectivity index (χ3v) is 10.5. The Bertz CT molecular complexity index is 1930. The van der Waals surface area contributed by atoms with Crippen LogP contribution in [0.3, 0.4) is 0 Å². The number of rotatable bonds is 7. The SMILES string of the molecule is COc1ccc([C@H]2c3sc(=O)n(CC(=O)Nc4ccc(Cl)cc4)c3SC3C(=O)N(c4cccc(C(F)(F)F)c4)C(=O)C32)cc1OC. The molecule has 2 unspecified atom stereocenters. The molecule has 3 aromatic carbocycles. The first kappa shape index (κ1) is 31.7. The number of halogens is 4. The van der Waals surface area contributed by atoms with E-state index >= 15 is 0 Å². The van der Waals surface area contributed by atoms with E-state index in [1.54, 1.807) is 42.5 Å². The van der Waals surface area contributed by atoms with Gasteiger partial charge in [0.25, 0.3) is 0 Å². The highest BCUT2D eigenvalue weighted by molar-refractivity contribution is 8.00. The summed E-state index contributed by atoms with van der Waals surface area (Å²) in [6.07, 6.45) is -4.70. The van der Waals surface area contributed by atoms with Gasteiger partial charge in [-0.25, -0.2) is 4.90 Å². The van der Waals surface area contributed by atoms with E-state index in [2.05, 4.69) is 5.32 Å². The van der Waals surface area contributed by atoms with Gasteiger partial charge in [0.2, 0.25) is 17.7 Å². The zero-order valence-corrected chi connectivity index (χ0v) is 26.4. The van der Waals surface area contributed by atoms with E-state index in [1.165, 1.54) is 24.9 Å². The van der Waals surface area contributed by atoms with Crippen LogP contribution in [0.1, 0.15) is 21.9 Å². The summed E-state index contributed by atoms with van der Waals surface area (Å²) in [5, 5.41) is 2.39. The molecule has 6 rings (SSSR count). The molecule has 3 atom stereocenters. The molecule has 1 fully saturated rings. The molecule has 238 valence electrons. The number of aromatic nitrogens is 1. The molecule has 1 aromatic heterocycles. The Labute approximate surface area is 272 Å². The van der Waals surface area contributed by atoms with E-state index in [0.717, 1.165) is 46.2 Å². The number of carbonyl (C=O) groups excluding carboxylic acids is 3. The van der Waals surface area contributed by atoms with Crippen LogP contribution in [0, 0.1) is 5.92 Å². The van der Waals surface area contributed by atoms with Crippen LogP contribution >= 0.6 is 34.7 Å². The average Bonchev–Trinajstić information content (AvgIpc) is 3.47. The molecule has 0 spiro atoms. The molecule has 46 heavy (non-hydrogen) atoms. The Morgan fingerprint density at radius 1 is 0.957 bits per heavy atom. The van der Waals surface area contributed by atoms with Crippen LogP contribution in [0.15, 0.2) is 76.6 Å². The van der Waals surface area contributed by atoms with Crippen LogP contribution in [-0.2, 0) is 27.1 Å². The molecule has 2 aliphatic heterocycles. The minimum Gasteiger partial charge on any atom is -0.493 e. The van der Waals surface area contributed by atoms with Gasteiger partial charge in [-0.2, -0.15) is 13.2 Å². The number of benzene rings is 3. The minimum absolute atomic E-state index is 0.214. The highest BCUT2D eigenvalue weighted by atomic mass is 35.5. The number of alkyl halides is 3. The second kappa shape index (κ2) is 12.2. The molecular weight excluding hydrogens is 667 g/mol. The van der Waals surface area contributed by atoms with E-state index in [4.69, 9.17) is 21.1 Å². The summed E-state index contributed by atoms with van der Waals surface area (Å²) >= 11 is 7.71. The fourth-order valence-electron chi connectivity index (χ4n) is 5.61. The Balaban J connectivity index is 1.44. The Morgan fingerprint density at radius 3 is 2.35 bits per heavy atom. The van der Waals surface area contributed by atoms with Gasteiger partial charge < -0.3 is 14.8 Å². The number of amides is 3. The van der Waals surface area contributed by atoms with E-state index in [0.29, 0.717) is 37.7 Å². The largest absolute Gasteiger partial charge is 0.493 e. The van der Waals surface area contributed by atoms with Gasteiger partial charge >= 0.3 is 11.0 Å². The lowest BCUT2D eigenvalue weighted by Gasteiger charge is -2.31. The predicted octanol–water partition coefficient (Wildman–Crippen LogP) is 6.03. The number of thioether (sulfide) groups is 1. The van der Waals surface area contributed by atoms with Gasteiger partial charge in [-0.05, 0) is 60.2 Å². The minimum atomic E-state index is -4.70. The summed E-state index contributed by atoms with van der Waals surface area (Å²) in [4.78, 5) is 55.1. The van der Waals surface area contributed by atoms with Crippen molar-refractivity contribution < 1.29 is 37.0 Å². The van der Waals surface area contributed by atoms with Crippen molar-refractivity contribution in [2.45, 2.75) is 28.9 Å². The Morgan fingerprint density at radius 2 is 1.67 bits per heavy atom. The fraction of sp³-hybridized carbons (Fsp3) is 0.226. The molecular formula is C31H23ClF3N3O6S2. The maximum Gasteiger partial charge on any atom is 0.416 e. The quantitative estimate of drug-likeness (QED) is 0.236. The zero-order chi connectivity index (χ0) is 32.9. The van der Waals surface area contributed by atoms with E-state index in [-0.39, 0.29) is 5.69 Å². The number of anilines is 2. The van der Waals surface area contributed by atoms with Crippen molar-refractivity contribution in [3.63, 3.8) is 0 Å². The van der Waals surface area contributed by atoms with Crippen molar-refractivity contribution >= 4 is 63.8 Å². The van der Waals surface area contributed by atoms with Gasteiger partial charge in [-0.1, -0.05) is 46.8 Å². The fourth-order valence-corrected chi connectivity index (χ4v) is 8.51. The summed E-state index contributed by atoms with van der Waals surface area (Å²) in [5.74, 6) is -3.17. The molecule has 0 aliphatic carbocycles. The van der Waals surface area contributed by atoms with Crippen molar-refractivity contribution in [2.24, 2.45) is 5.92 Å². The third-order valence-electron chi connectivity index (χ3n) is 7.68. The lowest BCUT2D eigenvalue weighted by molar-refractivity contribution is -0.137. The van der Waals surface area contributed by atoms with Crippen molar-refractivity contribution in [1.82, 2.24) is 4.57 Å². The molecule has 2 aliphatic rings. The number of ether oxygens (including phenoxy) is 2. The van der Waals surface area contributed by atoms with Crippen LogP contribution in [0.2, 0.25) is 5.02 Å². The first-order valence-corrected chi connectivity index (χ1v) is 15.7. The topological polar surface area (TPSA) is 107 Å². The Kier molecular flexibility index (Phi) is 8.38. The molecule has 4 aromatic rings. The van der Waals surface area contributed by atoms with Gasteiger partial charge in [0.15, 0.2) is 11.5 Å². The number of hydrogen-bond acceptors (Lipinski definition) is 8. The third kappa shape index (κ3) is 5.65. The molecule has 9 nitrogen and oxygen atoms in total. The van der Waals surface area contributed by atoms with Gasteiger partial charge in [0.05, 0.1) is 36.4 Å². The van der Waals surface area contributed by atoms with Crippen molar-refractivity contribution in [1.29, 1.82) is 0 Å². The summed E-state index contributed by atoms with van der Waals surface area (Å²) in [7, 11) is 2.89. The van der Waals surface area contributed by atoms with E-state index < -0.39 is 58.0 Å². The smallest absolute Gasteiger partial charge is 0.416 e. The first-order chi connectivity index (χ1) is 21.9. The second-order valence-electron chi connectivity index (χ2n) is 10.4. The van der Waals surface area contributed by atoms with Crippen molar-refractivity contribution in [2.75, 3.05) is 24.4 Å². The van der Waals surface area contributed by atoms with Gasteiger partial charge in [-0.15, -0.1) is 0 Å². The van der Waals surface area contributed by atoms with Crippen molar-refractivity contribution in [3.05, 3.63) is 97.4 Å². The van der Waals surface area contributed by atoms with Gasteiger partial charge in [0, 0.05) is 21.5 Å². The lowest BCUT2D eigenvalue weighted by Crippen LogP contribution is -2.33. The normalized spacial score (nSPS) is 19.1. The number of fused-ring (bicyclic) bond motifs is 2. The number of nitrogens with one attached hydrogen (secondary N) is 1. The number of methoxy groups -OCH3 is 2. The number of hydrogen-bond donors (Lipinski definition) is 1. The molecule has 0 radical (unpaired) electrons. The van der Waals surface area contributed by atoms with E-state index in [1.807, 2.05) is 0 Å². The molecule has 0 bridgehead atoms. The average molecular weight is 690 g/mol. The summed E-state index contributed by atoms with van der Waals surface area (Å²) in [6.45, 7) is -0.393. The van der Waals surface area contributed by atoms with Crippen LogP contribution < -0.4 is 24.6 Å². The zero-order valence-electron chi connectivity index (χ0n) is 24.0. The van der Waals surface area contributed by atoms with Crippen LogP contribution in [-0.4, -0.2) is 41.8 Å². The van der Waals surface area contributed by atoms with Gasteiger partial charge in [0.1, 0.15) is 11.8 Å². The monoisotopic (exact) mass is 689 g/mol. The predicted molar refractivity (Wildman–Crippen MR) is 167 cm³/mol. The Hall–Kier alpha value is -4.27. The molecule has 1 N–H and O–H groups in total. The molecule has 0 saturated carbocycles. The maximum atomic E-state index is 14.1. The highest BCUT2D eigenvalue weighted by Gasteiger charge is 2.57. The number of nitrogens with zero attached hydrogens (tertiary/aromatic N) is 2. The van der Waals surface area contributed by atoms with E-state index in [9.17, 15) is 32.3 Å². The molecule has 3 heterocycles. The van der Waals surface area contributed by atoms with Crippen LogP contribution in [0.25, 0.3) is 0 Å². The number of imide groups is 1. The van der Waals surface area contributed by atoms with Crippen LogP contribution in [0.4, 0.5) is 24.5 Å². The number of carbonyl (C=O) groups is 3.